The molecule has 3 atom stereocenters. The van der Waals surface area contributed by atoms with Crippen molar-refractivity contribution in [1.82, 2.24) is 4.90 Å². The minimum Gasteiger partial charge on any atom is -0.484 e. The van der Waals surface area contributed by atoms with Crippen molar-refractivity contribution in [2.45, 2.75) is 97.6 Å². The van der Waals surface area contributed by atoms with Crippen molar-refractivity contribution in [3.63, 3.8) is 0 Å². The summed E-state index contributed by atoms with van der Waals surface area (Å²) in [6.45, 7) is 11.9. The summed E-state index contributed by atoms with van der Waals surface area (Å²) in [4.78, 5) is 38.6. The fourth-order valence-corrected chi connectivity index (χ4v) is 3.89. The molecule has 220 valence electrons. The summed E-state index contributed by atoms with van der Waals surface area (Å²) >= 11 is 0. The molecule has 1 heterocycles. The molecule has 0 aromatic rings. The van der Waals surface area contributed by atoms with Crippen LogP contribution >= 0.6 is 0 Å². The Hall–Kier alpha value is -2.37. The first-order valence-electron chi connectivity index (χ1n) is 13.1. The molecule has 0 radical (unpaired) electrons. The van der Waals surface area contributed by atoms with Gasteiger partial charge < -0.3 is 39.1 Å². The van der Waals surface area contributed by atoms with E-state index in [1.165, 1.54) is 26.0 Å². The molecule has 3 unspecified atom stereocenters. The maximum atomic E-state index is 12.9. The summed E-state index contributed by atoms with van der Waals surface area (Å²) in [5, 5.41) is 0. The lowest BCUT2D eigenvalue weighted by Gasteiger charge is -2.36. The number of esters is 2. The number of amides is 1. The average molecular weight is 545 g/mol. The van der Waals surface area contributed by atoms with Crippen molar-refractivity contribution in [3.8, 4) is 0 Å². The first-order valence-corrected chi connectivity index (χ1v) is 13.1. The summed E-state index contributed by atoms with van der Waals surface area (Å²) in [5.41, 5.74) is 5.55. The van der Waals surface area contributed by atoms with Crippen LogP contribution in [-0.2, 0) is 38.0 Å². The number of nitrogens with zero attached hydrogens (tertiary/aromatic N) is 1. The van der Waals surface area contributed by atoms with E-state index >= 15 is 0 Å². The monoisotopic (exact) mass is 544 g/mol. The first-order chi connectivity index (χ1) is 17.6. The molecule has 0 aliphatic carbocycles. The van der Waals surface area contributed by atoms with E-state index in [-0.39, 0.29) is 29.6 Å². The van der Waals surface area contributed by atoms with Crippen LogP contribution in [0.2, 0.25) is 0 Å². The second-order valence-electron chi connectivity index (χ2n) is 11.4. The number of hydrogen-bond acceptors (Lipinski definition) is 10. The van der Waals surface area contributed by atoms with E-state index in [9.17, 15) is 14.4 Å². The molecule has 1 fully saturated rings. The summed E-state index contributed by atoms with van der Waals surface area (Å²) in [6, 6.07) is -1.23. The third kappa shape index (κ3) is 11.6. The molecule has 1 amide bonds. The molecular formula is C27H48N2O9. The SMILES string of the molecule is COC(=O)C(C)=C(OCC(N)C(CCC(C)(C)COC1CCCCO1)N(C)C(=O)OC(C)(C)C)C(=O)OC. The number of likely N-dealkylation sites (N-methyl/N-ethyl adjacent to an activating group) is 1. The van der Waals surface area contributed by atoms with E-state index in [2.05, 4.69) is 13.8 Å². The molecule has 2 N–H and O–H groups in total. The van der Waals surface area contributed by atoms with Crippen LogP contribution in [0.5, 0.6) is 0 Å². The zero-order valence-corrected chi connectivity index (χ0v) is 24.6. The van der Waals surface area contributed by atoms with Gasteiger partial charge in [0.1, 0.15) is 12.2 Å². The van der Waals surface area contributed by atoms with E-state index < -0.39 is 35.7 Å². The number of carbonyl (C=O) groups excluding carboxylic acids is 3. The van der Waals surface area contributed by atoms with Crippen LogP contribution in [0.1, 0.15) is 73.6 Å². The number of hydrogen-bond donors (Lipinski definition) is 1. The molecule has 38 heavy (non-hydrogen) atoms. The van der Waals surface area contributed by atoms with Crippen molar-refractivity contribution in [2.24, 2.45) is 11.1 Å². The van der Waals surface area contributed by atoms with Gasteiger partial charge in [0.05, 0.1) is 38.5 Å². The summed E-state index contributed by atoms with van der Waals surface area (Å²) in [6.07, 6.45) is 3.47. The average Bonchev–Trinajstić information content (AvgIpc) is 2.86. The van der Waals surface area contributed by atoms with Crippen LogP contribution in [0.25, 0.3) is 0 Å². The van der Waals surface area contributed by atoms with Gasteiger partial charge in [0.25, 0.3) is 0 Å². The normalized spacial score (nSPS) is 18.5. The van der Waals surface area contributed by atoms with Gasteiger partial charge in [-0.15, -0.1) is 0 Å². The van der Waals surface area contributed by atoms with Crippen molar-refractivity contribution in [3.05, 3.63) is 11.3 Å². The van der Waals surface area contributed by atoms with Gasteiger partial charge in [-0.05, 0) is 65.2 Å². The summed E-state index contributed by atoms with van der Waals surface area (Å²) in [5.74, 6) is -1.86. The Kier molecular flexibility index (Phi) is 13.5. The fourth-order valence-electron chi connectivity index (χ4n) is 3.89. The quantitative estimate of drug-likeness (QED) is 0.159. The first kappa shape index (κ1) is 33.7. The van der Waals surface area contributed by atoms with E-state index in [1.807, 2.05) is 0 Å². The van der Waals surface area contributed by atoms with Gasteiger partial charge in [-0.1, -0.05) is 13.8 Å². The predicted molar refractivity (Wildman–Crippen MR) is 141 cm³/mol. The molecule has 11 heteroatoms. The second-order valence-corrected chi connectivity index (χ2v) is 11.4. The minimum absolute atomic E-state index is 0.0492. The number of rotatable bonds is 13. The summed E-state index contributed by atoms with van der Waals surface area (Å²) in [7, 11) is 4.00. The number of methoxy groups -OCH3 is 2. The second kappa shape index (κ2) is 15.3. The van der Waals surface area contributed by atoms with Crippen LogP contribution in [0.15, 0.2) is 11.3 Å². The molecule has 0 bridgehead atoms. The van der Waals surface area contributed by atoms with Gasteiger partial charge in [-0.25, -0.2) is 14.4 Å². The molecule has 11 nitrogen and oxygen atoms in total. The zero-order chi connectivity index (χ0) is 29.1. The lowest BCUT2D eigenvalue weighted by Crippen LogP contribution is -2.52. The van der Waals surface area contributed by atoms with Gasteiger partial charge >= 0.3 is 18.0 Å². The molecule has 0 aromatic heterocycles. The number of nitrogens with two attached hydrogens (primary N) is 1. The van der Waals surface area contributed by atoms with Crippen molar-refractivity contribution in [1.29, 1.82) is 0 Å². The minimum atomic E-state index is -0.833. The molecule has 1 aliphatic heterocycles. The van der Waals surface area contributed by atoms with Crippen LogP contribution in [0.4, 0.5) is 4.79 Å². The molecule has 1 aliphatic rings. The van der Waals surface area contributed by atoms with Gasteiger partial charge in [-0.2, -0.15) is 0 Å². The van der Waals surface area contributed by atoms with E-state index in [4.69, 9.17) is 34.2 Å². The Balaban J connectivity index is 3.02. The highest BCUT2D eigenvalue weighted by Crippen LogP contribution is 2.28. The van der Waals surface area contributed by atoms with Crippen molar-refractivity contribution in [2.75, 3.05) is 41.1 Å². The van der Waals surface area contributed by atoms with Crippen molar-refractivity contribution < 1.29 is 42.8 Å². The van der Waals surface area contributed by atoms with E-state index in [0.29, 0.717) is 26.1 Å². The molecule has 1 rings (SSSR count). The third-order valence-electron chi connectivity index (χ3n) is 6.21. The highest BCUT2D eigenvalue weighted by atomic mass is 16.7. The Morgan fingerprint density at radius 3 is 2.21 bits per heavy atom. The van der Waals surface area contributed by atoms with E-state index in [1.54, 1.807) is 27.8 Å². The topological polar surface area (TPSA) is 136 Å². The molecule has 0 aromatic carbocycles. The smallest absolute Gasteiger partial charge is 0.410 e. The summed E-state index contributed by atoms with van der Waals surface area (Å²) < 4.78 is 32.4. The van der Waals surface area contributed by atoms with Gasteiger partial charge in [0.2, 0.25) is 5.76 Å². The molecule has 1 saturated heterocycles. The van der Waals surface area contributed by atoms with Crippen molar-refractivity contribution >= 4 is 18.0 Å². The van der Waals surface area contributed by atoms with Crippen LogP contribution < -0.4 is 5.73 Å². The van der Waals surface area contributed by atoms with Gasteiger partial charge in [-0.3, -0.25) is 0 Å². The molecule has 0 saturated carbocycles. The van der Waals surface area contributed by atoms with Crippen LogP contribution in [0.3, 0.4) is 0 Å². The van der Waals surface area contributed by atoms with Gasteiger partial charge in [0, 0.05) is 13.7 Å². The molecule has 0 spiro atoms. The fraction of sp³-hybridized carbons (Fsp3) is 0.815. The Morgan fingerprint density at radius 1 is 1.05 bits per heavy atom. The lowest BCUT2D eigenvalue weighted by atomic mass is 9.85. The lowest BCUT2D eigenvalue weighted by molar-refractivity contribution is -0.177. The Morgan fingerprint density at radius 2 is 1.68 bits per heavy atom. The Labute approximate surface area is 227 Å². The third-order valence-corrected chi connectivity index (χ3v) is 6.21. The van der Waals surface area contributed by atoms with E-state index in [0.717, 1.165) is 19.3 Å². The zero-order valence-electron chi connectivity index (χ0n) is 24.6. The maximum Gasteiger partial charge on any atom is 0.410 e. The standard InChI is InChI=1S/C27H48N2O9/c1-18(23(30)33-8)22(24(31)34-9)36-16-19(28)20(29(7)25(32)38-26(2,3)4)13-14-27(5,6)17-37-21-12-10-11-15-35-21/h19-21H,10-17,28H2,1-9H3. The number of carbonyl (C=O) groups is 3. The van der Waals surface area contributed by atoms with Crippen LogP contribution in [0, 0.1) is 5.41 Å². The largest absolute Gasteiger partial charge is 0.484 e. The molecular weight excluding hydrogens is 496 g/mol. The van der Waals surface area contributed by atoms with Crippen LogP contribution in [-0.4, -0.2) is 88.0 Å². The highest BCUT2D eigenvalue weighted by molar-refractivity contribution is 5.98. The maximum absolute atomic E-state index is 12.9. The van der Waals surface area contributed by atoms with Gasteiger partial charge in [0.15, 0.2) is 6.29 Å². The number of ether oxygens (including phenoxy) is 6. The predicted octanol–water partition coefficient (Wildman–Crippen LogP) is 3.54. The Bertz CT molecular complexity index is 814. The highest BCUT2D eigenvalue weighted by Gasteiger charge is 2.33.